The molecule has 0 bridgehead atoms. The van der Waals surface area contributed by atoms with Crippen LogP contribution in [0.2, 0.25) is 0 Å². The van der Waals surface area contributed by atoms with Crippen LogP contribution >= 0.6 is 12.2 Å². The van der Waals surface area contributed by atoms with E-state index in [9.17, 15) is 4.79 Å². The Labute approximate surface area is 184 Å². The smallest absolute Gasteiger partial charge is 0.345 e. The van der Waals surface area contributed by atoms with Crippen molar-refractivity contribution in [1.29, 1.82) is 0 Å². The van der Waals surface area contributed by atoms with Crippen LogP contribution in [0.1, 0.15) is 19.4 Å². The van der Waals surface area contributed by atoms with Crippen molar-refractivity contribution in [2.24, 2.45) is 5.10 Å². The Morgan fingerprint density at radius 3 is 2.68 bits per heavy atom. The molecule has 0 spiro atoms. The minimum absolute atomic E-state index is 0.189. The lowest BCUT2D eigenvalue weighted by atomic mass is 10.1. The minimum atomic E-state index is -0.461. The predicted molar refractivity (Wildman–Crippen MR) is 127 cm³/mol. The Hall–Kier alpha value is -3.78. The van der Waals surface area contributed by atoms with Crippen LogP contribution in [0.25, 0.3) is 27.9 Å². The molecule has 8 heteroatoms. The lowest BCUT2D eigenvalue weighted by Crippen LogP contribution is -2.36. The summed E-state index contributed by atoms with van der Waals surface area (Å²) in [4.78, 5) is 12.7. The summed E-state index contributed by atoms with van der Waals surface area (Å²) in [5.41, 5.74) is 5.19. The molecule has 2 aromatic carbocycles. The van der Waals surface area contributed by atoms with E-state index in [1.54, 1.807) is 23.0 Å². The Balaban J connectivity index is 1.77. The Kier molecular flexibility index (Phi) is 5.90. The standard InChI is InChI=1S/C23H21N5O2S/c1-15(2)25-23(31)26-24-13-17-14-28(18-9-4-3-5-10-18)27-21(17)19-12-16-8-6-7-11-20(16)30-22(19)29/h3-15H,1-2H3,(H2,25,26,31)/b24-13-. The minimum Gasteiger partial charge on any atom is -0.422 e. The highest BCUT2D eigenvalue weighted by Gasteiger charge is 2.16. The molecular formula is C23H21N5O2S. The van der Waals surface area contributed by atoms with Gasteiger partial charge in [-0.15, -0.1) is 0 Å². The Bertz CT molecular complexity index is 1310. The molecule has 0 amide bonds. The molecule has 7 nitrogen and oxygen atoms in total. The molecule has 31 heavy (non-hydrogen) atoms. The quantitative estimate of drug-likeness (QED) is 0.216. The summed E-state index contributed by atoms with van der Waals surface area (Å²) in [6.45, 7) is 3.97. The van der Waals surface area contributed by atoms with E-state index in [0.717, 1.165) is 11.1 Å². The first-order chi connectivity index (χ1) is 15.0. The van der Waals surface area contributed by atoms with Crippen molar-refractivity contribution >= 4 is 34.5 Å². The van der Waals surface area contributed by atoms with Gasteiger partial charge in [0.15, 0.2) is 5.11 Å². The topological polar surface area (TPSA) is 84.4 Å². The van der Waals surface area contributed by atoms with Gasteiger partial charge in [-0.3, -0.25) is 5.43 Å². The van der Waals surface area contributed by atoms with E-state index in [4.69, 9.17) is 16.6 Å². The second kappa shape index (κ2) is 8.93. The highest BCUT2D eigenvalue weighted by molar-refractivity contribution is 7.80. The summed E-state index contributed by atoms with van der Waals surface area (Å²) in [5.74, 6) is 0. The monoisotopic (exact) mass is 431 g/mol. The summed E-state index contributed by atoms with van der Waals surface area (Å²) < 4.78 is 7.21. The average Bonchev–Trinajstić information content (AvgIpc) is 3.17. The predicted octanol–water partition coefficient (Wildman–Crippen LogP) is 3.85. The maximum Gasteiger partial charge on any atom is 0.345 e. The zero-order valence-corrected chi connectivity index (χ0v) is 17.9. The van der Waals surface area contributed by atoms with E-state index in [1.165, 1.54) is 0 Å². The summed E-state index contributed by atoms with van der Waals surface area (Å²) in [7, 11) is 0. The van der Waals surface area contributed by atoms with E-state index < -0.39 is 5.63 Å². The van der Waals surface area contributed by atoms with Gasteiger partial charge in [0.1, 0.15) is 11.3 Å². The maximum absolute atomic E-state index is 12.7. The van der Waals surface area contributed by atoms with Gasteiger partial charge in [-0.05, 0) is 50.3 Å². The van der Waals surface area contributed by atoms with Crippen LogP contribution in [-0.2, 0) is 0 Å². The molecule has 156 valence electrons. The van der Waals surface area contributed by atoms with Crippen molar-refractivity contribution in [3.05, 3.63) is 82.8 Å². The van der Waals surface area contributed by atoms with Gasteiger partial charge >= 0.3 is 5.63 Å². The molecular weight excluding hydrogens is 410 g/mol. The van der Waals surface area contributed by atoms with Gasteiger partial charge in [0.2, 0.25) is 0 Å². The van der Waals surface area contributed by atoms with E-state index in [2.05, 4.69) is 20.9 Å². The summed E-state index contributed by atoms with van der Waals surface area (Å²) in [6.07, 6.45) is 3.40. The van der Waals surface area contributed by atoms with Gasteiger partial charge in [-0.2, -0.15) is 10.2 Å². The van der Waals surface area contributed by atoms with Crippen LogP contribution in [0.4, 0.5) is 0 Å². The van der Waals surface area contributed by atoms with Crippen molar-refractivity contribution in [2.75, 3.05) is 0 Å². The molecule has 0 saturated heterocycles. The molecule has 0 aliphatic heterocycles. The number of benzene rings is 2. The molecule has 4 aromatic rings. The fourth-order valence-corrected chi connectivity index (χ4v) is 3.37. The zero-order valence-electron chi connectivity index (χ0n) is 17.1. The van der Waals surface area contributed by atoms with Gasteiger partial charge in [-0.25, -0.2) is 9.48 Å². The van der Waals surface area contributed by atoms with Crippen LogP contribution in [0, 0.1) is 0 Å². The molecule has 2 aromatic heterocycles. The van der Waals surface area contributed by atoms with Crippen LogP contribution in [0.3, 0.4) is 0 Å². The third kappa shape index (κ3) is 4.70. The number of rotatable bonds is 5. The van der Waals surface area contributed by atoms with Gasteiger partial charge in [0, 0.05) is 23.2 Å². The SMILES string of the molecule is CC(C)NC(=S)N/N=C\c1cn(-c2ccccc2)nc1-c1cc2ccccc2oc1=O. The van der Waals surface area contributed by atoms with Crippen molar-refractivity contribution in [2.45, 2.75) is 19.9 Å². The number of thiocarbonyl (C=S) groups is 1. The van der Waals surface area contributed by atoms with Crippen LogP contribution in [-0.4, -0.2) is 27.1 Å². The first-order valence-electron chi connectivity index (χ1n) is 9.79. The number of nitrogens with one attached hydrogen (secondary N) is 2. The fourth-order valence-electron chi connectivity index (χ4n) is 3.09. The normalized spacial score (nSPS) is 11.3. The number of nitrogens with zero attached hydrogens (tertiary/aromatic N) is 3. The van der Waals surface area contributed by atoms with Gasteiger partial charge in [0.05, 0.1) is 17.5 Å². The summed E-state index contributed by atoms with van der Waals surface area (Å²) in [6, 6.07) is 19.0. The number of hydrazone groups is 1. The lowest BCUT2D eigenvalue weighted by molar-refractivity contribution is 0.563. The molecule has 0 atom stereocenters. The first kappa shape index (κ1) is 20.5. The van der Waals surface area contributed by atoms with Crippen molar-refractivity contribution < 1.29 is 4.42 Å². The van der Waals surface area contributed by atoms with Gasteiger partial charge in [0.25, 0.3) is 0 Å². The number of aromatic nitrogens is 2. The molecule has 0 unspecified atom stereocenters. The molecule has 0 saturated carbocycles. The van der Waals surface area contributed by atoms with Crippen molar-refractivity contribution in [3.63, 3.8) is 0 Å². The van der Waals surface area contributed by atoms with E-state index in [0.29, 0.717) is 27.5 Å². The van der Waals surface area contributed by atoms with Gasteiger partial charge in [-0.1, -0.05) is 36.4 Å². The zero-order chi connectivity index (χ0) is 21.8. The Morgan fingerprint density at radius 2 is 1.90 bits per heavy atom. The molecule has 0 fully saturated rings. The van der Waals surface area contributed by atoms with Crippen LogP contribution in [0.15, 0.2) is 81.2 Å². The highest BCUT2D eigenvalue weighted by atomic mass is 32.1. The first-order valence-corrected chi connectivity index (χ1v) is 10.2. The molecule has 2 N–H and O–H groups in total. The third-order valence-corrected chi connectivity index (χ3v) is 4.66. The third-order valence-electron chi connectivity index (χ3n) is 4.45. The second-order valence-corrected chi connectivity index (χ2v) is 7.60. The number of hydrogen-bond acceptors (Lipinski definition) is 5. The van der Waals surface area contributed by atoms with E-state index >= 15 is 0 Å². The maximum atomic E-state index is 12.7. The fraction of sp³-hybridized carbons (Fsp3) is 0.130. The molecule has 2 heterocycles. The molecule has 0 aliphatic carbocycles. The van der Waals surface area contributed by atoms with Gasteiger partial charge < -0.3 is 9.73 Å². The second-order valence-electron chi connectivity index (χ2n) is 7.20. The summed E-state index contributed by atoms with van der Waals surface area (Å²) >= 11 is 5.21. The molecule has 4 rings (SSSR count). The largest absolute Gasteiger partial charge is 0.422 e. The van der Waals surface area contributed by atoms with Crippen molar-refractivity contribution in [3.8, 4) is 16.9 Å². The number of fused-ring (bicyclic) bond motifs is 1. The van der Waals surface area contributed by atoms with Crippen molar-refractivity contribution in [1.82, 2.24) is 20.5 Å². The number of hydrogen-bond donors (Lipinski definition) is 2. The lowest BCUT2D eigenvalue weighted by Gasteiger charge is -2.09. The highest BCUT2D eigenvalue weighted by Crippen LogP contribution is 2.23. The van der Waals surface area contributed by atoms with Crippen LogP contribution < -0.4 is 16.4 Å². The van der Waals surface area contributed by atoms with Crippen LogP contribution in [0.5, 0.6) is 0 Å². The molecule has 0 radical (unpaired) electrons. The average molecular weight is 432 g/mol. The Morgan fingerprint density at radius 1 is 1.16 bits per heavy atom. The summed E-state index contributed by atoms with van der Waals surface area (Å²) in [5, 5.41) is 13.2. The number of para-hydroxylation sites is 2. The van der Waals surface area contributed by atoms with E-state index in [1.807, 2.05) is 68.6 Å². The molecule has 0 aliphatic rings. The van der Waals surface area contributed by atoms with E-state index in [-0.39, 0.29) is 6.04 Å².